The molecule has 0 bridgehead atoms. The van der Waals surface area contributed by atoms with E-state index in [4.69, 9.17) is 0 Å². The molecule has 1 fully saturated rings. The summed E-state index contributed by atoms with van der Waals surface area (Å²) in [4.78, 5) is 20.9. The van der Waals surface area contributed by atoms with E-state index in [1.54, 1.807) is 23.2 Å². The second-order valence-corrected chi connectivity index (χ2v) is 8.52. The highest BCUT2D eigenvalue weighted by atomic mass is 32.2. The van der Waals surface area contributed by atoms with Crippen LogP contribution in [0.2, 0.25) is 0 Å². The third kappa shape index (κ3) is 4.57. The Hall–Kier alpha value is -2.61. The highest BCUT2D eigenvalue weighted by Crippen LogP contribution is 2.22. The number of piperazine rings is 1. The fraction of sp³-hybridized carbons (Fsp3) is 0.368. The average Bonchev–Trinajstić information content (AvgIpc) is 2.66. The minimum atomic E-state index is -3.56. The van der Waals surface area contributed by atoms with Crippen LogP contribution in [0.4, 0.5) is 11.5 Å². The number of rotatable bonds is 5. The second kappa shape index (κ2) is 7.96. The minimum Gasteiger partial charge on any atom is -0.353 e. The molecule has 144 valence electrons. The van der Waals surface area contributed by atoms with Crippen LogP contribution in [0, 0.1) is 6.92 Å². The molecule has 8 heteroatoms. The van der Waals surface area contributed by atoms with Gasteiger partial charge in [-0.05, 0) is 30.7 Å². The minimum absolute atomic E-state index is 0.187. The molecule has 0 N–H and O–H groups in total. The van der Waals surface area contributed by atoms with Crippen LogP contribution in [0.1, 0.15) is 5.56 Å². The number of amides is 1. The van der Waals surface area contributed by atoms with Gasteiger partial charge in [-0.1, -0.05) is 24.3 Å². The highest BCUT2D eigenvalue weighted by molar-refractivity contribution is 7.92. The van der Waals surface area contributed by atoms with E-state index in [1.165, 1.54) is 4.31 Å². The molecule has 2 heterocycles. The van der Waals surface area contributed by atoms with Crippen LogP contribution < -0.4 is 9.21 Å². The molecule has 1 saturated heterocycles. The Balaban J connectivity index is 1.68. The van der Waals surface area contributed by atoms with Crippen LogP contribution in [0.15, 0.2) is 48.7 Å². The zero-order valence-corrected chi connectivity index (χ0v) is 16.4. The van der Waals surface area contributed by atoms with E-state index < -0.39 is 10.0 Å². The summed E-state index contributed by atoms with van der Waals surface area (Å²) in [6.07, 6.45) is 2.88. The number of anilines is 2. The topological polar surface area (TPSA) is 73.8 Å². The average molecular weight is 388 g/mol. The Morgan fingerprint density at radius 1 is 1.07 bits per heavy atom. The summed E-state index contributed by atoms with van der Waals surface area (Å²) in [6, 6.07) is 12.9. The van der Waals surface area contributed by atoms with Gasteiger partial charge in [-0.15, -0.1) is 0 Å². The first kappa shape index (κ1) is 19.2. The van der Waals surface area contributed by atoms with E-state index in [9.17, 15) is 13.2 Å². The zero-order chi connectivity index (χ0) is 19.4. The molecule has 27 heavy (non-hydrogen) atoms. The van der Waals surface area contributed by atoms with E-state index in [1.807, 2.05) is 37.3 Å². The largest absolute Gasteiger partial charge is 0.353 e. The van der Waals surface area contributed by atoms with Crippen molar-refractivity contribution in [3.8, 4) is 0 Å². The highest BCUT2D eigenvalue weighted by Gasteiger charge is 2.27. The Bertz CT molecular complexity index is 894. The van der Waals surface area contributed by atoms with E-state index in [-0.39, 0.29) is 12.5 Å². The van der Waals surface area contributed by atoms with Crippen LogP contribution >= 0.6 is 0 Å². The molecule has 0 spiro atoms. The third-order valence-corrected chi connectivity index (χ3v) is 5.80. The summed E-state index contributed by atoms with van der Waals surface area (Å²) in [5.74, 6) is 0.701. The lowest BCUT2D eigenvalue weighted by Gasteiger charge is -2.36. The van der Waals surface area contributed by atoms with Crippen LogP contribution in [0.25, 0.3) is 0 Å². The summed E-state index contributed by atoms with van der Waals surface area (Å²) in [5.41, 5.74) is 1.36. The first-order valence-electron chi connectivity index (χ1n) is 8.83. The second-order valence-electron chi connectivity index (χ2n) is 6.61. The number of carbonyl (C=O) groups is 1. The van der Waals surface area contributed by atoms with Gasteiger partial charge in [0.2, 0.25) is 15.9 Å². The number of sulfonamides is 1. The predicted molar refractivity (Wildman–Crippen MR) is 106 cm³/mol. The Morgan fingerprint density at radius 3 is 2.33 bits per heavy atom. The summed E-state index contributed by atoms with van der Waals surface area (Å²) in [5, 5.41) is 0. The molecule has 2 aromatic rings. The molecular formula is C19H24N4O3S. The quantitative estimate of drug-likeness (QED) is 0.776. The van der Waals surface area contributed by atoms with Crippen LogP contribution in [0.3, 0.4) is 0 Å². The first-order valence-corrected chi connectivity index (χ1v) is 10.7. The molecule has 0 atom stereocenters. The fourth-order valence-electron chi connectivity index (χ4n) is 3.17. The molecule has 7 nitrogen and oxygen atoms in total. The summed E-state index contributed by atoms with van der Waals surface area (Å²) >= 11 is 0. The van der Waals surface area contributed by atoms with Crippen LogP contribution in [-0.2, 0) is 14.8 Å². The molecule has 1 aliphatic rings. The maximum atomic E-state index is 12.8. The molecule has 1 aromatic carbocycles. The maximum absolute atomic E-state index is 12.8. The van der Waals surface area contributed by atoms with Crippen molar-refractivity contribution in [1.29, 1.82) is 0 Å². The maximum Gasteiger partial charge on any atom is 0.243 e. The molecule has 1 aliphatic heterocycles. The van der Waals surface area contributed by atoms with Gasteiger partial charge in [-0.2, -0.15) is 0 Å². The first-order chi connectivity index (χ1) is 12.9. The number of carbonyl (C=O) groups excluding carboxylic acids is 1. The number of pyridine rings is 1. The van der Waals surface area contributed by atoms with Gasteiger partial charge in [0.1, 0.15) is 12.4 Å². The Kier molecular flexibility index (Phi) is 5.65. The molecule has 0 aliphatic carbocycles. The lowest BCUT2D eigenvalue weighted by atomic mass is 10.2. The van der Waals surface area contributed by atoms with Crippen molar-refractivity contribution in [2.45, 2.75) is 6.92 Å². The molecule has 1 aromatic heterocycles. The lowest BCUT2D eigenvalue weighted by Crippen LogP contribution is -2.52. The van der Waals surface area contributed by atoms with Gasteiger partial charge in [0.05, 0.1) is 11.9 Å². The van der Waals surface area contributed by atoms with Gasteiger partial charge in [0, 0.05) is 32.4 Å². The fourth-order valence-corrected chi connectivity index (χ4v) is 4.08. The lowest BCUT2D eigenvalue weighted by molar-refractivity contribution is -0.129. The monoisotopic (exact) mass is 388 g/mol. The molecule has 0 unspecified atom stereocenters. The standard InChI is InChI=1S/C19H24N4O3S/c1-16-7-3-4-8-17(16)23(27(2,25)26)15-19(24)22-13-11-21(12-14-22)18-9-5-6-10-20-18/h3-10H,11-15H2,1-2H3. The Labute approximate surface area is 160 Å². The summed E-state index contributed by atoms with van der Waals surface area (Å²) in [6.45, 7) is 4.08. The van der Waals surface area contributed by atoms with Gasteiger partial charge in [-0.3, -0.25) is 9.10 Å². The van der Waals surface area contributed by atoms with Crippen molar-refractivity contribution >= 4 is 27.4 Å². The molecule has 1 amide bonds. The number of nitrogens with zero attached hydrogens (tertiary/aromatic N) is 4. The van der Waals surface area contributed by atoms with Crippen molar-refractivity contribution in [2.24, 2.45) is 0 Å². The molecule has 3 rings (SSSR count). The summed E-state index contributed by atoms with van der Waals surface area (Å²) < 4.78 is 25.7. The number of aryl methyl sites for hydroxylation is 1. The van der Waals surface area contributed by atoms with Crippen molar-refractivity contribution in [3.05, 3.63) is 54.2 Å². The van der Waals surface area contributed by atoms with Gasteiger partial charge in [0.15, 0.2) is 0 Å². The van der Waals surface area contributed by atoms with E-state index in [0.29, 0.717) is 31.9 Å². The number of hydrogen-bond acceptors (Lipinski definition) is 5. The predicted octanol–water partition coefficient (Wildman–Crippen LogP) is 1.50. The third-order valence-electron chi connectivity index (χ3n) is 4.67. The van der Waals surface area contributed by atoms with Crippen molar-refractivity contribution in [3.63, 3.8) is 0 Å². The zero-order valence-electron chi connectivity index (χ0n) is 15.6. The smallest absolute Gasteiger partial charge is 0.243 e. The van der Waals surface area contributed by atoms with E-state index >= 15 is 0 Å². The number of aromatic nitrogens is 1. The van der Waals surface area contributed by atoms with Crippen molar-refractivity contribution < 1.29 is 13.2 Å². The van der Waals surface area contributed by atoms with Crippen LogP contribution in [0.5, 0.6) is 0 Å². The summed E-state index contributed by atoms with van der Waals surface area (Å²) in [7, 11) is -3.56. The number of hydrogen-bond donors (Lipinski definition) is 0. The van der Waals surface area contributed by atoms with E-state index in [0.717, 1.165) is 17.6 Å². The molecule has 0 saturated carbocycles. The molecular weight excluding hydrogens is 364 g/mol. The number of benzene rings is 1. The van der Waals surface area contributed by atoms with Gasteiger partial charge >= 0.3 is 0 Å². The van der Waals surface area contributed by atoms with Gasteiger partial charge < -0.3 is 9.80 Å². The van der Waals surface area contributed by atoms with Gasteiger partial charge in [-0.25, -0.2) is 13.4 Å². The SMILES string of the molecule is Cc1ccccc1N(CC(=O)N1CCN(c2ccccn2)CC1)S(C)(=O)=O. The van der Waals surface area contributed by atoms with Crippen molar-refractivity contribution in [1.82, 2.24) is 9.88 Å². The van der Waals surface area contributed by atoms with Gasteiger partial charge in [0.25, 0.3) is 0 Å². The Morgan fingerprint density at radius 2 is 1.74 bits per heavy atom. The van der Waals surface area contributed by atoms with E-state index in [2.05, 4.69) is 9.88 Å². The van der Waals surface area contributed by atoms with Crippen molar-refractivity contribution in [2.75, 3.05) is 48.2 Å². The molecule has 0 radical (unpaired) electrons. The number of para-hydroxylation sites is 1. The van der Waals surface area contributed by atoms with Crippen LogP contribution in [-0.4, -0.2) is 63.2 Å². The normalized spacial score (nSPS) is 14.9.